The van der Waals surface area contributed by atoms with E-state index in [2.05, 4.69) is 5.32 Å². The summed E-state index contributed by atoms with van der Waals surface area (Å²) < 4.78 is 5.39. The van der Waals surface area contributed by atoms with E-state index in [0.717, 1.165) is 11.1 Å². The van der Waals surface area contributed by atoms with Crippen LogP contribution in [0.1, 0.15) is 11.1 Å². The van der Waals surface area contributed by atoms with Crippen molar-refractivity contribution in [1.29, 1.82) is 0 Å². The first kappa shape index (κ1) is 15.2. The van der Waals surface area contributed by atoms with Crippen LogP contribution in [0.4, 0.5) is 11.4 Å². The van der Waals surface area contributed by atoms with Crippen molar-refractivity contribution in [2.45, 2.75) is 13.8 Å². The number of carbonyl (C=O) groups is 1. The van der Waals surface area contributed by atoms with Crippen molar-refractivity contribution in [2.24, 2.45) is 0 Å². The van der Waals surface area contributed by atoms with Gasteiger partial charge in [0.05, 0.1) is 0 Å². The predicted octanol–water partition coefficient (Wildman–Crippen LogP) is 3.56. The molecule has 0 heterocycles. The van der Waals surface area contributed by atoms with Gasteiger partial charge in [0.2, 0.25) is 0 Å². The number of aryl methyl sites for hydroxylation is 2. The van der Waals surface area contributed by atoms with Crippen molar-refractivity contribution in [1.82, 2.24) is 0 Å². The molecule has 0 aromatic heterocycles. The molecule has 0 saturated heterocycles. The summed E-state index contributed by atoms with van der Waals surface area (Å²) in [6.07, 6.45) is 0. The van der Waals surface area contributed by atoms with Gasteiger partial charge < -0.3 is 15.8 Å². The van der Waals surface area contributed by atoms with Gasteiger partial charge in [-0.3, -0.25) is 4.79 Å². The fraction of sp³-hybridized carbons (Fsp3) is 0.188. The Hall–Kier alpha value is -2.20. The Morgan fingerprint density at radius 1 is 1.24 bits per heavy atom. The second-order valence-electron chi connectivity index (χ2n) is 4.82. The van der Waals surface area contributed by atoms with Crippen LogP contribution >= 0.6 is 11.6 Å². The highest BCUT2D eigenvalue weighted by Gasteiger charge is 2.08. The zero-order valence-electron chi connectivity index (χ0n) is 11.9. The minimum atomic E-state index is -0.249. The summed E-state index contributed by atoms with van der Waals surface area (Å²) in [6.45, 7) is 3.75. The van der Waals surface area contributed by atoms with Crippen LogP contribution in [-0.4, -0.2) is 12.5 Å². The molecular weight excluding hydrogens is 288 g/mol. The Balaban J connectivity index is 1.97. The van der Waals surface area contributed by atoms with Gasteiger partial charge in [-0.05, 0) is 49.2 Å². The van der Waals surface area contributed by atoms with E-state index < -0.39 is 0 Å². The number of rotatable bonds is 4. The van der Waals surface area contributed by atoms with Crippen LogP contribution in [0.25, 0.3) is 0 Å². The Bertz CT molecular complexity index is 671. The molecule has 0 aliphatic rings. The number of benzene rings is 2. The van der Waals surface area contributed by atoms with Gasteiger partial charge in [0.15, 0.2) is 6.61 Å². The SMILES string of the molecule is Cc1cc(C)c(NC(=O)COc2cccc(Cl)c2)cc1N. The molecule has 1 amide bonds. The molecule has 4 nitrogen and oxygen atoms in total. The van der Waals surface area contributed by atoms with Crippen LogP contribution in [0.3, 0.4) is 0 Å². The maximum absolute atomic E-state index is 11.9. The van der Waals surface area contributed by atoms with E-state index in [0.29, 0.717) is 22.1 Å². The molecule has 0 bridgehead atoms. The van der Waals surface area contributed by atoms with E-state index >= 15 is 0 Å². The molecule has 2 aromatic carbocycles. The highest BCUT2D eigenvalue weighted by atomic mass is 35.5. The second-order valence-corrected chi connectivity index (χ2v) is 5.25. The lowest BCUT2D eigenvalue weighted by atomic mass is 10.1. The van der Waals surface area contributed by atoms with Crippen LogP contribution in [0.2, 0.25) is 5.02 Å². The molecule has 110 valence electrons. The van der Waals surface area contributed by atoms with Crippen molar-refractivity contribution < 1.29 is 9.53 Å². The Morgan fingerprint density at radius 3 is 2.71 bits per heavy atom. The van der Waals surface area contributed by atoms with Gasteiger partial charge in [0, 0.05) is 16.4 Å². The average molecular weight is 305 g/mol. The quantitative estimate of drug-likeness (QED) is 0.849. The lowest BCUT2D eigenvalue weighted by Crippen LogP contribution is -2.20. The largest absolute Gasteiger partial charge is 0.484 e. The van der Waals surface area contributed by atoms with Gasteiger partial charge in [-0.15, -0.1) is 0 Å². The average Bonchev–Trinajstić information content (AvgIpc) is 2.43. The van der Waals surface area contributed by atoms with Crippen LogP contribution in [-0.2, 0) is 4.79 Å². The van der Waals surface area contributed by atoms with Crippen molar-refractivity contribution in [3.8, 4) is 5.75 Å². The van der Waals surface area contributed by atoms with Gasteiger partial charge >= 0.3 is 0 Å². The number of anilines is 2. The number of halogens is 1. The molecule has 0 radical (unpaired) electrons. The Morgan fingerprint density at radius 2 is 2.00 bits per heavy atom. The van der Waals surface area contributed by atoms with Crippen LogP contribution < -0.4 is 15.8 Å². The van der Waals surface area contributed by atoms with Crippen LogP contribution in [0.15, 0.2) is 36.4 Å². The fourth-order valence-corrected chi connectivity index (χ4v) is 2.08. The van der Waals surface area contributed by atoms with E-state index in [1.54, 1.807) is 30.3 Å². The molecule has 0 spiro atoms. The maximum atomic E-state index is 11.9. The number of nitrogens with two attached hydrogens (primary N) is 1. The fourth-order valence-electron chi connectivity index (χ4n) is 1.90. The summed E-state index contributed by atoms with van der Waals surface area (Å²) in [5.41, 5.74) is 9.13. The minimum Gasteiger partial charge on any atom is -0.484 e. The molecule has 2 rings (SSSR count). The summed E-state index contributed by atoms with van der Waals surface area (Å²) in [7, 11) is 0. The van der Waals surface area contributed by atoms with Crippen LogP contribution in [0.5, 0.6) is 5.75 Å². The summed E-state index contributed by atoms with van der Waals surface area (Å²) in [4.78, 5) is 11.9. The lowest BCUT2D eigenvalue weighted by Gasteiger charge is -2.12. The maximum Gasteiger partial charge on any atom is 0.262 e. The summed E-state index contributed by atoms with van der Waals surface area (Å²) in [5.74, 6) is 0.305. The van der Waals surface area contributed by atoms with E-state index in [1.165, 1.54) is 0 Å². The normalized spacial score (nSPS) is 10.2. The third-order valence-corrected chi connectivity index (χ3v) is 3.29. The number of nitrogens with one attached hydrogen (secondary N) is 1. The number of amides is 1. The Kier molecular flexibility index (Phi) is 4.70. The lowest BCUT2D eigenvalue weighted by molar-refractivity contribution is -0.118. The minimum absolute atomic E-state index is 0.0897. The van der Waals surface area contributed by atoms with Gasteiger partial charge in [0.1, 0.15) is 5.75 Å². The monoisotopic (exact) mass is 304 g/mol. The van der Waals surface area contributed by atoms with Gasteiger partial charge in [-0.25, -0.2) is 0 Å². The first-order chi connectivity index (χ1) is 9.95. The molecule has 0 unspecified atom stereocenters. The van der Waals surface area contributed by atoms with E-state index in [4.69, 9.17) is 22.1 Å². The van der Waals surface area contributed by atoms with Gasteiger partial charge in [0.25, 0.3) is 5.91 Å². The van der Waals surface area contributed by atoms with E-state index in [9.17, 15) is 4.79 Å². The molecule has 0 aliphatic carbocycles. The molecule has 0 aliphatic heterocycles. The first-order valence-corrected chi connectivity index (χ1v) is 6.88. The first-order valence-electron chi connectivity index (χ1n) is 6.50. The molecule has 0 atom stereocenters. The Labute approximate surface area is 128 Å². The number of nitrogen functional groups attached to an aromatic ring is 1. The standard InChI is InChI=1S/C16H17ClN2O2/c1-10-6-11(2)15(8-14(10)18)19-16(20)9-21-13-5-3-4-12(17)7-13/h3-8H,9,18H2,1-2H3,(H,19,20). The molecule has 0 saturated carbocycles. The molecule has 3 N–H and O–H groups in total. The topological polar surface area (TPSA) is 64.3 Å². The predicted molar refractivity (Wildman–Crippen MR) is 85.9 cm³/mol. The van der Waals surface area contributed by atoms with Crippen molar-refractivity contribution in [3.63, 3.8) is 0 Å². The van der Waals surface area contributed by atoms with E-state index in [1.807, 2.05) is 19.9 Å². The van der Waals surface area contributed by atoms with Crippen LogP contribution in [0, 0.1) is 13.8 Å². The number of hydrogen-bond acceptors (Lipinski definition) is 3. The highest BCUT2D eigenvalue weighted by molar-refractivity contribution is 6.30. The van der Waals surface area contributed by atoms with Gasteiger partial charge in [-0.1, -0.05) is 23.7 Å². The second kappa shape index (κ2) is 6.50. The third-order valence-electron chi connectivity index (χ3n) is 3.05. The van der Waals surface area contributed by atoms with Crippen molar-refractivity contribution >= 4 is 28.9 Å². The number of hydrogen-bond donors (Lipinski definition) is 2. The van der Waals surface area contributed by atoms with Gasteiger partial charge in [-0.2, -0.15) is 0 Å². The summed E-state index contributed by atoms with van der Waals surface area (Å²) in [6, 6.07) is 10.6. The molecule has 5 heteroatoms. The smallest absolute Gasteiger partial charge is 0.262 e. The van der Waals surface area contributed by atoms with Crippen molar-refractivity contribution in [3.05, 3.63) is 52.5 Å². The molecule has 0 fully saturated rings. The highest BCUT2D eigenvalue weighted by Crippen LogP contribution is 2.22. The molecule has 2 aromatic rings. The van der Waals surface area contributed by atoms with E-state index in [-0.39, 0.29) is 12.5 Å². The van der Waals surface area contributed by atoms with Crippen molar-refractivity contribution in [2.75, 3.05) is 17.7 Å². The molecular formula is C16H17ClN2O2. The zero-order chi connectivity index (χ0) is 15.4. The third kappa shape index (κ3) is 4.13. The summed E-state index contributed by atoms with van der Waals surface area (Å²) >= 11 is 5.85. The summed E-state index contributed by atoms with van der Waals surface area (Å²) in [5, 5.41) is 3.35. The number of carbonyl (C=O) groups excluding carboxylic acids is 1. The molecule has 21 heavy (non-hydrogen) atoms. The number of ether oxygens (including phenoxy) is 1. The zero-order valence-corrected chi connectivity index (χ0v) is 12.7.